The maximum Gasteiger partial charge on any atom is 0.265 e. The highest BCUT2D eigenvalue weighted by molar-refractivity contribution is 7.93. The van der Waals surface area contributed by atoms with Crippen LogP contribution in [0, 0.1) is 6.92 Å². The summed E-state index contributed by atoms with van der Waals surface area (Å²) in [5, 5.41) is 0.690. The van der Waals surface area contributed by atoms with Crippen molar-refractivity contribution in [1.29, 1.82) is 0 Å². The van der Waals surface area contributed by atoms with Crippen molar-refractivity contribution in [2.75, 3.05) is 4.72 Å². The van der Waals surface area contributed by atoms with Gasteiger partial charge in [-0.15, -0.1) is 0 Å². The Morgan fingerprint density at radius 2 is 1.91 bits per heavy atom. The molecule has 8 heteroatoms. The van der Waals surface area contributed by atoms with Crippen molar-refractivity contribution in [2.45, 2.75) is 11.8 Å². The Morgan fingerprint density at radius 1 is 1.14 bits per heavy atom. The molecule has 114 valence electrons. The topological polar surface area (TPSA) is 59.1 Å². The average molecular weight is 373 g/mol. The van der Waals surface area contributed by atoms with Crippen LogP contribution in [0.3, 0.4) is 0 Å². The van der Waals surface area contributed by atoms with Gasteiger partial charge in [0.25, 0.3) is 10.0 Å². The second-order valence-corrected chi connectivity index (χ2v) is 8.20. The van der Waals surface area contributed by atoms with Crippen molar-refractivity contribution in [1.82, 2.24) is 4.98 Å². The molecule has 2 aromatic carbocycles. The maximum absolute atomic E-state index is 12.4. The van der Waals surface area contributed by atoms with E-state index in [4.69, 9.17) is 23.2 Å². The number of fused-ring (bicyclic) bond motifs is 1. The number of nitrogens with one attached hydrogen (secondary N) is 1. The zero-order valence-corrected chi connectivity index (χ0v) is 14.4. The first-order valence-electron chi connectivity index (χ1n) is 6.20. The van der Waals surface area contributed by atoms with E-state index >= 15 is 0 Å². The number of hydrogen-bond acceptors (Lipinski definition) is 4. The summed E-state index contributed by atoms with van der Waals surface area (Å²) in [4.78, 5) is 4.20. The molecule has 0 amide bonds. The second-order valence-electron chi connectivity index (χ2n) is 4.67. The fourth-order valence-corrected chi connectivity index (χ4v) is 4.89. The molecule has 0 aliphatic heterocycles. The number of thiazole rings is 1. The third-order valence-electron chi connectivity index (χ3n) is 2.95. The summed E-state index contributed by atoms with van der Waals surface area (Å²) in [5.41, 5.74) is 1.83. The summed E-state index contributed by atoms with van der Waals surface area (Å²) in [7, 11) is -3.84. The van der Waals surface area contributed by atoms with Crippen LogP contribution >= 0.6 is 34.5 Å². The predicted octanol–water partition coefficient (Wildman–Crippen LogP) is 4.71. The summed E-state index contributed by atoms with van der Waals surface area (Å²) in [6.07, 6.45) is 0. The molecule has 0 radical (unpaired) electrons. The number of aromatic nitrogens is 1. The van der Waals surface area contributed by atoms with Crippen LogP contribution in [0.5, 0.6) is 0 Å². The molecular formula is C14H10Cl2N2O2S2. The molecule has 1 N–H and O–H groups in total. The van der Waals surface area contributed by atoms with Crippen LogP contribution < -0.4 is 4.72 Å². The number of nitrogens with zero attached hydrogens (tertiary/aromatic N) is 1. The van der Waals surface area contributed by atoms with Gasteiger partial charge in [-0.25, -0.2) is 13.4 Å². The van der Waals surface area contributed by atoms with Gasteiger partial charge in [-0.1, -0.05) is 40.6 Å². The summed E-state index contributed by atoms with van der Waals surface area (Å²) in [6, 6.07) is 10.0. The predicted molar refractivity (Wildman–Crippen MR) is 91.6 cm³/mol. The second kappa shape index (κ2) is 5.70. The van der Waals surface area contributed by atoms with Crippen molar-refractivity contribution in [3.8, 4) is 0 Å². The van der Waals surface area contributed by atoms with E-state index in [-0.39, 0.29) is 15.0 Å². The molecule has 0 atom stereocenters. The van der Waals surface area contributed by atoms with Crippen molar-refractivity contribution in [3.05, 3.63) is 52.0 Å². The van der Waals surface area contributed by atoms with Crippen LogP contribution in [0.25, 0.3) is 10.2 Å². The Labute approximate surface area is 141 Å². The van der Waals surface area contributed by atoms with E-state index < -0.39 is 10.0 Å². The molecule has 0 aliphatic rings. The van der Waals surface area contributed by atoms with E-state index in [1.165, 1.54) is 29.5 Å². The van der Waals surface area contributed by atoms with Crippen molar-refractivity contribution in [3.63, 3.8) is 0 Å². The lowest BCUT2D eigenvalue weighted by Gasteiger charge is -2.07. The normalized spacial score (nSPS) is 11.8. The first-order valence-corrected chi connectivity index (χ1v) is 9.26. The Balaban J connectivity index is 2.00. The molecule has 0 bridgehead atoms. The van der Waals surface area contributed by atoms with Gasteiger partial charge in [0.05, 0.1) is 15.2 Å². The minimum atomic E-state index is -3.84. The third kappa shape index (κ3) is 3.05. The van der Waals surface area contributed by atoms with Gasteiger partial charge in [-0.2, -0.15) is 0 Å². The van der Waals surface area contributed by atoms with Gasteiger partial charge in [0.15, 0.2) is 5.13 Å². The monoisotopic (exact) mass is 372 g/mol. The molecule has 22 heavy (non-hydrogen) atoms. The first kappa shape index (κ1) is 15.6. The fraction of sp³-hybridized carbons (Fsp3) is 0.0714. The molecule has 0 fully saturated rings. The quantitative estimate of drug-likeness (QED) is 0.723. The van der Waals surface area contributed by atoms with E-state index in [1.54, 1.807) is 0 Å². The van der Waals surface area contributed by atoms with E-state index in [0.29, 0.717) is 5.02 Å². The zero-order chi connectivity index (χ0) is 15.9. The highest BCUT2D eigenvalue weighted by atomic mass is 35.5. The van der Waals surface area contributed by atoms with Crippen LogP contribution in [0.1, 0.15) is 5.56 Å². The number of anilines is 1. The molecule has 3 rings (SSSR count). The van der Waals surface area contributed by atoms with Crippen LogP contribution in [0.4, 0.5) is 5.13 Å². The minimum Gasteiger partial charge on any atom is -0.255 e. The Bertz CT molecular complexity index is 968. The Morgan fingerprint density at radius 3 is 2.68 bits per heavy atom. The smallest absolute Gasteiger partial charge is 0.255 e. The van der Waals surface area contributed by atoms with Gasteiger partial charge < -0.3 is 0 Å². The molecule has 0 aliphatic carbocycles. The summed E-state index contributed by atoms with van der Waals surface area (Å²) in [5.74, 6) is 0. The van der Waals surface area contributed by atoms with Gasteiger partial charge in [-0.05, 0) is 42.8 Å². The summed E-state index contributed by atoms with van der Waals surface area (Å²) >= 11 is 13.1. The fourth-order valence-electron chi connectivity index (χ4n) is 1.93. The van der Waals surface area contributed by atoms with Crippen LogP contribution in [-0.4, -0.2) is 13.4 Å². The highest BCUT2D eigenvalue weighted by Gasteiger charge is 2.20. The molecule has 0 spiro atoms. The van der Waals surface area contributed by atoms with Crippen molar-refractivity contribution >= 4 is 59.9 Å². The van der Waals surface area contributed by atoms with Gasteiger partial charge in [0.1, 0.15) is 4.90 Å². The first-order chi connectivity index (χ1) is 10.3. The molecule has 3 aromatic rings. The Hall–Kier alpha value is -1.34. The lowest BCUT2D eigenvalue weighted by molar-refractivity contribution is 0.601. The third-order valence-corrected chi connectivity index (χ3v) is 6.07. The van der Waals surface area contributed by atoms with Crippen LogP contribution in [-0.2, 0) is 10.0 Å². The van der Waals surface area contributed by atoms with E-state index in [0.717, 1.165) is 15.8 Å². The average Bonchev–Trinajstić information content (AvgIpc) is 2.81. The standard InChI is InChI=1S/C14H10Cl2N2O2S2/c1-8-2-5-11-12(6-8)21-14(17-11)18-22(19,20)13-7-9(15)3-4-10(13)16/h2-7H,1H3,(H,17,18). The van der Waals surface area contributed by atoms with E-state index in [2.05, 4.69) is 9.71 Å². The number of halogens is 2. The SMILES string of the molecule is Cc1ccc2nc(NS(=O)(=O)c3cc(Cl)ccc3Cl)sc2c1. The molecule has 0 unspecified atom stereocenters. The van der Waals surface area contributed by atoms with E-state index in [9.17, 15) is 8.42 Å². The van der Waals surface area contributed by atoms with Gasteiger partial charge in [-0.3, -0.25) is 4.72 Å². The molecule has 1 aromatic heterocycles. The van der Waals surface area contributed by atoms with Crippen molar-refractivity contribution in [2.24, 2.45) is 0 Å². The number of benzene rings is 2. The van der Waals surface area contributed by atoms with Crippen molar-refractivity contribution < 1.29 is 8.42 Å². The lowest BCUT2D eigenvalue weighted by atomic mass is 10.2. The van der Waals surface area contributed by atoms with Crippen LogP contribution in [0.2, 0.25) is 10.0 Å². The number of aryl methyl sites for hydroxylation is 1. The molecule has 1 heterocycles. The van der Waals surface area contributed by atoms with E-state index in [1.807, 2.05) is 25.1 Å². The molecular weight excluding hydrogens is 363 g/mol. The van der Waals surface area contributed by atoms with Gasteiger partial charge in [0, 0.05) is 5.02 Å². The number of hydrogen-bond donors (Lipinski definition) is 1. The molecule has 0 saturated carbocycles. The Kier molecular flexibility index (Phi) is 4.03. The van der Waals surface area contributed by atoms with Gasteiger partial charge >= 0.3 is 0 Å². The zero-order valence-electron chi connectivity index (χ0n) is 11.3. The summed E-state index contributed by atoms with van der Waals surface area (Å²) in [6.45, 7) is 1.97. The van der Waals surface area contributed by atoms with Gasteiger partial charge in [0.2, 0.25) is 0 Å². The molecule has 4 nitrogen and oxygen atoms in total. The largest absolute Gasteiger partial charge is 0.265 e. The summed E-state index contributed by atoms with van der Waals surface area (Å²) < 4.78 is 28.2. The van der Waals surface area contributed by atoms with Crippen LogP contribution in [0.15, 0.2) is 41.3 Å². The number of sulfonamides is 1. The number of rotatable bonds is 3. The lowest BCUT2D eigenvalue weighted by Crippen LogP contribution is -2.13. The molecule has 0 saturated heterocycles. The maximum atomic E-state index is 12.4. The highest BCUT2D eigenvalue weighted by Crippen LogP contribution is 2.31. The minimum absolute atomic E-state index is 0.0721.